The minimum absolute atomic E-state index is 0.193. The van der Waals surface area contributed by atoms with E-state index in [1.54, 1.807) is 23.1 Å². The van der Waals surface area contributed by atoms with Gasteiger partial charge in [-0.25, -0.2) is 0 Å². The third kappa shape index (κ3) is 4.18. The smallest absolute Gasteiger partial charge is 0.258 e. The van der Waals surface area contributed by atoms with Gasteiger partial charge < -0.3 is 0 Å². The van der Waals surface area contributed by atoms with E-state index in [9.17, 15) is 4.79 Å². The van der Waals surface area contributed by atoms with Gasteiger partial charge in [0.2, 0.25) is 5.13 Å². The maximum absolute atomic E-state index is 12.8. The number of amides is 1. The summed E-state index contributed by atoms with van der Waals surface area (Å²) in [6.45, 7) is 3.89. The maximum Gasteiger partial charge on any atom is 0.258 e. The Morgan fingerprint density at radius 1 is 1.19 bits per heavy atom. The molecular weight excluding hydrogens is 396 g/mol. The number of hydrogen-bond donors (Lipinski definition) is 1. The molecule has 0 bridgehead atoms. The second-order valence-corrected chi connectivity index (χ2v) is 9.26. The Kier molecular flexibility index (Phi) is 5.20. The van der Waals surface area contributed by atoms with Crippen LogP contribution in [-0.2, 0) is 5.75 Å². The molecule has 1 amide bonds. The summed E-state index contributed by atoms with van der Waals surface area (Å²) in [5, 5.41) is 14.6. The number of carbonyl (C=O) groups is 1. The van der Waals surface area contributed by atoms with Gasteiger partial charge >= 0.3 is 0 Å². The van der Waals surface area contributed by atoms with Crippen LogP contribution in [0, 0.1) is 13.8 Å². The summed E-state index contributed by atoms with van der Waals surface area (Å²) in [6, 6.07) is 11.9. The lowest BCUT2D eigenvalue weighted by Crippen LogP contribution is -2.13. The fraction of sp³-hybridized carbons (Fsp3) is 0.158. The van der Waals surface area contributed by atoms with E-state index in [0.717, 1.165) is 32.3 Å². The summed E-state index contributed by atoms with van der Waals surface area (Å²) < 4.78 is 0.838. The quantitative estimate of drug-likeness (QED) is 0.355. The minimum Gasteiger partial charge on any atom is -0.296 e. The number of rotatable bonds is 5. The molecule has 136 valence electrons. The molecule has 0 fully saturated rings. The van der Waals surface area contributed by atoms with Crippen LogP contribution < -0.4 is 5.32 Å². The van der Waals surface area contributed by atoms with Crippen LogP contribution in [0.2, 0.25) is 0 Å². The standard InChI is InChI=1S/C19H16N4OS3/c1-11-5-6-16-14(8-11)15(9-12(2)20-16)17(24)21-18-22-23-19(27-18)26-10-13-4-3-7-25-13/h3-9H,10H2,1-2H3,(H,21,22,24). The van der Waals surface area contributed by atoms with Crippen molar-refractivity contribution < 1.29 is 4.79 Å². The molecule has 0 aliphatic heterocycles. The van der Waals surface area contributed by atoms with Gasteiger partial charge in [0, 0.05) is 21.7 Å². The third-order valence-electron chi connectivity index (χ3n) is 3.88. The highest BCUT2D eigenvalue weighted by molar-refractivity contribution is 8.00. The van der Waals surface area contributed by atoms with Crippen molar-refractivity contribution >= 4 is 56.4 Å². The number of aryl methyl sites for hydroxylation is 2. The van der Waals surface area contributed by atoms with Gasteiger partial charge in [0.25, 0.3) is 5.91 Å². The normalized spacial score (nSPS) is 11.0. The first-order valence-electron chi connectivity index (χ1n) is 8.26. The molecule has 4 aromatic rings. The summed E-state index contributed by atoms with van der Waals surface area (Å²) in [4.78, 5) is 18.6. The zero-order valence-electron chi connectivity index (χ0n) is 14.7. The number of anilines is 1. The summed E-state index contributed by atoms with van der Waals surface area (Å²) in [6.07, 6.45) is 0. The molecule has 0 radical (unpaired) electrons. The number of nitrogens with one attached hydrogen (secondary N) is 1. The lowest BCUT2D eigenvalue weighted by Gasteiger charge is -2.08. The second kappa shape index (κ2) is 7.75. The Bertz CT molecular complexity index is 1110. The number of nitrogens with zero attached hydrogens (tertiary/aromatic N) is 3. The third-order valence-corrected chi connectivity index (χ3v) is 6.96. The molecule has 0 aliphatic carbocycles. The summed E-state index contributed by atoms with van der Waals surface area (Å²) in [5.74, 6) is 0.662. The average molecular weight is 413 g/mol. The van der Waals surface area contributed by atoms with E-state index < -0.39 is 0 Å². The van der Waals surface area contributed by atoms with Gasteiger partial charge in [0.1, 0.15) is 0 Å². The highest BCUT2D eigenvalue weighted by Crippen LogP contribution is 2.30. The molecular formula is C19H16N4OS3. The molecule has 0 atom stereocenters. The first-order valence-corrected chi connectivity index (χ1v) is 10.9. The average Bonchev–Trinajstić information content (AvgIpc) is 3.31. The van der Waals surface area contributed by atoms with Crippen molar-refractivity contribution in [3.8, 4) is 0 Å². The molecule has 0 aliphatic rings. The molecule has 1 N–H and O–H groups in total. The predicted molar refractivity (Wildman–Crippen MR) is 113 cm³/mol. The molecule has 0 saturated heterocycles. The van der Waals surface area contributed by atoms with Crippen molar-refractivity contribution in [2.24, 2.45) is 0 Å². The first-order chi connectivity index (χ1) is 13.1. The van der Waals surface area contributed by atoms with Crippen LogP contribution in [0.1, 0.15) is 26.5 Å². The van der Waals surface area contributed by atoms with Gasteiger partial charge in [-0.15, -0.1) is 21.5 Å². The predicted octanol–water partition coefficient (Wildman–Crippen LogP) is 5.31. The SMILES string of the molecule is Cc1ccc2nc(C)cc(C(=O)Nc3nnc(SCc4cccs4)s3)c2c1. The van der Waals surface area contributed by atoms with Gasteiger partial charge in [0.05, 0.1) is 11.1 Å². The maximum atomic E-state index is 12.8. The Labute approximate surface area is 168 Å². The van der Waals surface area contributed by atoms with Crippen LogP contribution in [0.3, 0.4) is 0 Å². The molecule has 4 rings (SSSR count). The Morgan fingerprint density at radius 3 is 2.89 bits per heavy atom. The van der Waals surface area contributed by atoms with Crippen LogP contribution in [0.5, 0.6) is 0 Å². The van der Waals surface area contributed by atoms with Crippen molar-refractivity contribution in [2.45, 2.75) is 23.9 Å². The van der Waals surface area contributed by atoms with E-state index in [1.807, 2.05) is 44.2 Å². The topological polar surface area (TPSA) is 67.8 Å². The highest BCUT2D eigenvalue weighted by Gasteiger charge is 2.15. The van der Waals surface area contributed by atoms with Crippen molar-refractivity contribution in [3.05, 3.63) is 63.5 Å². The number of pyridine rings is 1. The van der Waals surface area contributed by atoms with Gasteiger partial charge in [-0.05, 0) is 43.5 Å². The molecule has 3 aromatic heterocycles. The molecule has 5 nitrogen and oxygen atoms in total. The summed E-state index contributed by atoms with van der Waals surface area (Å²) in [7, 11) is 0. The fourth-order valence-electron chi connectivity index (χ4n) is 2.67. The molecule has 1 aromatic carbocycles. The Morgan fingerprint density at radius 2 is 2.07 bits per heavy atom. The largest absolute Gasteiger partial charge is 0.296 e. The lowest BCUT2D eigenvalue weighted by atomic mass is 10.0. The number of aromatic nitrogens is 3. The van der Waals surface area contributed by atoms with Crippen LogP contribution in [0.25, 0.3) is 10.9 Å². The highest BCUT2D eigenvalue weighted by atomic mass is 32.2. The van der Waals surface area contributed by atoms with Gasteiger partial charge in [-0.3, -0.25) is 15.1 Å². The Hall–Kier alpha value is -2.29. The van der Waals surface area contributed by atoms with Crippen molar-refractivity contribution in [2.75, 3.05) is 5.32 Å². The minimum atomic E-state index is -0.193. The number of benzene rings is 1. The monoisotopic (exact) mass is 412 g/mol. The van der Waals surface area contributed by atoms with Crippen LogP contribution in [0.15, 0.2) is 46.1 Å². The van der Waals surface area contributed by atoms with Crippen molar-refractivity contribution in [1.82, 2.24) is 15.2 Å². The molecule has 8 heteroatoms. The van der Waals surface area contributed by atoms with Crippen LogP contribution in [-0.4, -0.2) is 21.1 Å². The number of thiophene rings is 1. The van der Waals surface area contributed by atoms with Gasteiger partial charge in [-0.2, -0.15) is 0 Å². The van der Waals surface area contributed by atoms with Gasteiger partial charge in [-0.1, -0.05) is 40.8 Å². The van der Waals surface area contributed by atoms with Crippen LogP contribution >= 0.6 is 34.4 Å². The van der Waals surface area contributed by atoms with Crippen LogP contribution in [0.4, 0.5) is 5.13 Å². The number of fused-ring (bicyclic) bond motifs is 1. The first kappa shape index (κ1) is 18.1. The van der Waals surface area contributed by atoms with Crippen molar-refractivity contribution in [1.29, 1.82) is 0 Å². The Balaban J connectivity index is 1.53. The van der Waals surface area contributed by atoms with E-state index >= 15 is 0 Å². The molecule has 0 unspecified atom stereocenters. The van der Waals surface area contributed by atoms with E-state index in [1.165, 1.54) is 16.2 Å². The summed E-state index contributed by atoms with van der Waals surface area (Å²) >= 11 is 4.73. The zero-order valence-corrected chi connectivity index (χ0v) is 17.2. The fourth-order valence-corrected chi connectivity index (χ4v) is 5.19. The molecule has 0 saturated carbocycles. The zero-order chi connectivity index (χ0) is 18.8. The number of thioether (sulfide) groups is 1. The molecule has 27 heavy (non-hydrogen) atoms. The van der Waals surface area contributed by atoms with E-state index in [0.29, 0.717) is 10.7 Å². The molecule has 0 spiro atoms. The van der Waals surface area contributed by atoms with E-state index in [4.69, 9.17) is 0 Å². The number of carbonyl (C=O) groups excluding carboxylic acids is 1. The van der Waals surface area contributed by atoms with E-state index in [-0.39, 0.29) is 5.91 Å². The summed E-state index contributed by atoms with van der Waals surface area (Å²) in [5.41, 5.74) is 3.31. The lowest BCUT2D eigenvalue weighted by molar-refractivity contribution is 0.102. The van der Waals surface area contributed by atoms with Crippen molar-refractivity contribution in [3.63, 3.8) is 0 Å². The number of hydrogen-bond acceptors (Lipinski definition) is 7. The second-order valence-electron chi connectivity index (χ2n) is 6.03. The molecule has 3 heterocycles. The van der Waals surface area contributed by atoms with E-state index in [2.05, 4.69) is 31.9 Å². The van der Waals surface area contributed by atoms with Gasteiger partial charge in [0.15, 0.2) is 4.34 Å².